The number of carboxylic acid groups (broad SMARTS) is 2. The van der Waals surface area contributed by atoms with Crippen LogP contribution in [-0.2, 0) is 25.5 Å². The molecule has 5 nitrogen and oxygen atoms in total. The van der Waals surface area contributed by atoms with Crippen molar-refractivity contribution in [3.8, 4) is 0 Å². The van der Waals surface area contributed by atoms with Gasteiger partial charge >= 0.3 is 64.7 Å². The van der Waals surface area contributed by atoms with Gasteiger partial charge in [-0.25, -0.2) is 0 Å². The maximum atomic E-state index is 9.91. The predicted octanol–water partition coefficient (Wildman–Crippen LogP) is -1.08. The molecule has 6 heteroatoms. The van der Waals surface area contributed by atoms with Crippen LogP contribution in [0.25, 0.3) is 0 Å². The molecule has 0 aliphatic rings. The molecule has 0 radical (unpaired) electrons. The van der Waals surface area contributed by atoms with Crippen LogP contribution < -0.4 is 0 Å². The van der Waals surface area contributed by atoms with Crippen molar-refractivity contribution in [3.63, 3.8) is 0 Å². The molecule has 60 valence electrons. The van der Waals surface area contributed by atoms with E-state index in [0.717, 1.165) is 3.95 Å². The zero-order chi connectivity index (χ0) is 8.15. The van der Waals surface area contributed by atoms with E-state index in [1.54, 1.807) is 0 Å². The van der Waals surface area contributed by atoms with E-state index in [-0.39, 0.29) is 13.1 Å². The van der Waals surface area contributed by atoms with E-state index in [4.69, 9.17) is 10.2 Å². The van der Waals surface area contributed by atoms with Gasteiger partial charge in [-0.15, -0.1) is 0 Å². The molecule has 0 unspecified atom stereocenters. The fourth-order valence-corrected chi connectivity index (χ4v) is 0.619. The standard InChI is InChI=1S/C4H6NO4.Co/c6-3(7)1-5-2-4(8)9;/h1-2H2,(H,6,7)(H,8,9);/q-1;+1. The summed E-state index contributed by atoms with van der Waals surface area (Å²) in [6.07, 6.45) is 0. The molecule has 10 heavy (non-hydrogen) atoms. The SMILES string of the molecule is O=C(O)C[N]([Co])CC(=O)O. The first kappa shape index (κ1) is 9.41. The van der Waals surface area contributed by atoms with Gasteiger partial charge in [-0.2, -0.15) is 0 Å². The van der Waals surface area contributed by atoms with Crippen LogP contribution in [0, 0.1) is 0 Å². The van der Waals surface area contributed by atoms with Gasteiger partial charge in [-0.05, 0) is 0 Å². The molecule has 0 fully saturated rings. The molecule has 0 saturated carbocycles. The number of hydrogen-bond acceptors (Lipinski definition) is 3. The van der Waals surface area contributed by atoms with Gasteiger partial charge in [0.15, 0.2) is 0 Å². The zero-order valence-corrected chi connectivity index (χ0v) is 5.95. The van der Waals surface area contributed by atoms with Crippen molar-refractivity contribution in [2.45, 2.75) is 0 Å². The number of carboxylic acids is 2. The van der Waals surface area contributed by atoms with Crippen molar-refractivity contribution in [2.75, 3.05) is 13.1 Å². The first-order chi connectivity index (χ1) is 4.52. The summed E-state index contributed by atoms with van der Waals surface area (Å²) in [4.78, 5) is 19.8. The molecule has 0 amide bonds. The quantitative estimate of drug-likeness (QED) is 0.590. The van der Waals surface area contributed by atoms with Crippen molar-refractivity contribution >= 4 is 11.9 Å². The molecule has 0 aromatic heterocycles. The van der Waals surface area contributed by atoms with Crippen molar-refractivity contribution < 1.29 is 35.8 Å². The number of aliphatic carboxylic acids is 2. The van der Waals surface area contributed by atoms with Gasteiger partial charge in [0.1, 0.15) is 0 Å². The van der Waals surface area contributed by atoms with Crippen LogP contribution in [-0.4, -0.2) is 39.2 Å². The van der Waals surface area contributed by atoms with Crippen molar-refractivity contribution in [1.29, 1.82) is 0 Å². The third kappa shape index (κ3) is 5.54. The van der Waals surface area contributed by atoms with Crippen molar-refractivity contribution in [3.05, 3.63) is 0 Å². The molecule has 0 bridgehead atoms. The van der Waals surface area contributed by atoms with E-state index < -0.39 is 11.9 Å². The van der Waals surface area contributed by atoms with Crippen LogP contribution in [0.5, 0.6) is 0 Å². The Kier molecular flexibility index (Phi) is 4.01. The van der Waals surface area contributed by atoms with Gasteiger partial charge in [-0.1, -0.05) is 0 Å². The van der Waals surface area contributed by atoms with Gasteiger partial charge < -0.3 is 0 Å². The van der Waals surface area contributed by atoms with Crippen LogP contribution in [0.2, 0.25) is 0 Å². The van der Waals surface area contributed by atoms with Crippen molar-refractivity contribution in [1.82, 2.24) is 3.95 Å². The Morgan fingerprint density at radius 3 is 1.70 bits per heavy atom. The van der Waals surface area contributed by atoms with E-state index in [2.05, 4.69) is 16.0 Å². The number of hydrogen-bond donors (Lipinski definition) is 2. The topological polar surface area (TPSA) is 77.8 Å². The molecule has 2 N–H and O–H groups in total. The zero-order valence-electron chi connectivity index (χ0n) is 4.91. The molecular weight excluding hydrogens is 185 g/mol. The molecule has 0 saturated heterocycles. The summed E-state index contributed by atoms with van der Waals surface area (Å²) in [5, 5.41) is 16.2. The van der Waals surface area contributed by atoms with Crippen LogP contribution >= 0.6 is 0 Å². The molecule has 0 aliphatic carbocycles. The number of rotatable bonds is 4. The van der Waals surface area contributed by atoms with Gasteiger partial charge in [-0.3, -0.25) is 0 Å². The van der Waals surface area contributed by atoms with E-state index in [0.29, 0.717) is 0 Å². The fraction of sp³-hybridized carbons (Fsp3) is 0.500. The first-order valence-corrected chi connectivity index (χ1v) is 2.81. The molecule has 0 aromatic rings. The molecule has 0 rings (SSSR count). The Morgan fingerprint density at radius 1 is 1.20 bits per heavy atom. The summed E-state index contributed by atoms with van der Waals surface area (Å²) in [6.45, 7) is -0.765. The summed E-state index contributed by atoms with van der Waals surface area (Å²) < 4.78 is 0.887. The second-order valence-electron chi connectivity index (χ2n) is 1.54. The Labute approximate surface area is 65.4 Å². The van der Waals surface area contributed by atoms with Gasteiger partial charge in [0, 0.05) is 0 Å². The van der Waals surface area contributed by atoms with Crippen LogP contribution in [0.15, 0.2) is 0 Å². The third-order valence-electron chi connectivity index (χ3n) is 0.600. The second kappa shape index (κ2) is 4.26. The average Bonchev–Trinajstić information content (AvgIpc) is 1.58. The molecule has 0 spiro atoms. The minimum atomic E-state index is -1.10. The predicted molar refractivity (Wildman–Crippen MR) is 26.8 cm³/mol. The summed E-state index contributed by atoms with van der Waals surface area (Å²) in [6, 6.07) is 0. The Hall–Kier alpha value is -0.594. The molecule has 0 aromatic carbocycles. The summed E-state index contributed by atoms with van der Waals surface area (Å²) in [5.74, 6) is -2.20. The van der Waals surface area contributed by atoms with Crippen LogP contribution in [0.1, 0.15) is 0 Å². The first-order valence-electron chi connectivity index (χ1n) is 2.34. The van der Waals surface area contributed by atoms with Gasteiger partial charge in [0.25, 0.3) is 0 Å². The van der Waals surface area contributed by atoms with E-state index in [1.165, 1.54) is 0 Å². The molecule has 0 heterocycles. The van der Waals surface area contributed by atoms with Crippen molar-refractivity contribution in [2.24, 2.45) is 0 Å². The summed E-state index contributed by atoms with van der Waals surface area (Å²) in [7, 11) is 0. The van der Waals surface area contributed by atoms with Gasteiger partial charge in [0.2, 0.25) is 0 Å². The molecular formula is C4H6CoNO4. The summed E-state index contributed by atoms with van der Waals surface area (Å²) in [5.41, 5.74) is 0. The van der Waals surface area contributed by atoms with E-state index in [1.807, 2.05) is 0 Å². The average molecular weight is 191 g/mol. The third-order valence-corrected chi connectivity index (χ3v) is 0.929. The summed E-state index contributed by atoms with van der Waals surface area (Å²) >= 11 is 3.63. The Bertz CT molecular complexity index is 132. The van der Waals surface area contributed by atoms with Gasteiger partial charge in [0.05, 0.1) is 0 Å². The molecule has 0 atom stereocenters. The minimum absolute atomic E-state index is 0.383. The number of nitrogens with zero attached hydrogens (tertiary/aromatic N) is 1. The van der Waals surface area contributed by atoms with Crippen LogP contribution in [0.4, 0.5) is 0 Å². The number of carbonyl (C=O) groups is 2. The fourth-order valence-electron chi connectivity index (χ4n) is 0.337. The monoisotopic (exact) mass is 191 g/mol. The van der Waals surface area contributed by atoms with E-state index in [9.17, 15) is 9.59 Å². The van der Waals surface area contributed by atoms with Crippen LogP contribution in [0.3, 0.4) is 0 Å². The normalized spacial score (nSPS) is 9.90. The Balaban J connectivity index is 3.53. The molecule has 0 aliphatic heterocycles. The maximum absolute atomic E-state index is 9.91. The second-order valence-corrected chi connectivity index (χ2v) is 2.20. The Morgan fingerprint density at radius 2 is 1.50 bits per heavy atom. The van der Waals surface area contributed by atoms with E-state index >= 15 is 0 Å².